The molecule has 1 nitrogen and oxygen atoms in total. The number of hydrogen-bond acceptors (Lipinski definition) is 1. The van der Waals surface area contributed by atoms with Crippen molar-refractivity contribution in [3.05, 3.63) is 104 Å². The molecule has 0 saturated heterocycles. The van der Waals surface area contributed by atoms with E-state index in [-0.39, 0.29) is 5.82 Å². The van der Waals surface area contributed by atoms with Crippen molar-refractivity contribution in [1.29, 1.82) is 0 Å². The van der Waals surface area contributed by atoms with E-state index in [0.717, 1.165) is 48.6 Å². The maximum absolute atomic E-state index is 14.2. The molecule has 4 aromatic carbocycles. The van der Waals surface area contributed by atoms with Gasteiger partial charge in [0.05, 0.1) is 0 Å². The van der Waals surface area contributed by atoms with Crippen LogP contribution in [-0.4, -0.2) is 5.11 Å². The smallest absolute Gasteiger partial charge is 0.142 e. The molecule has 0 radical (unpaired) electrons. The summed E-state index contributed by atoms with van der Waals surface area (Å²) in [6, 6.07) is 22.9. The zero-order chi connectivity index (χ0) is 19.5. The van der Waals surface area contributed by atoms with Gasteiger partial charge < -0.3 is 5.11 Å². The fraction of sp³-hybridized carbons (Fsp3) is 0.120. The highest BCUT2D eigenvalue weighted by Crippen LogP contribution is 2.55. The average molecular weight is 480 g/mol. The molecule has 0 aromatic heterocycles. The third kappa shape index (κ3) is 2.39. The standard InChI is InChI=1S/C25H18FIO/c1-2-15-10-11-20-21(12-15)25(28,17-7-5-8-18(26)14-17)24-19-9-4-3-6-16(19)13-22(27)23(20)24/h3-14,28H,2H2,1H3. The van der Waals surface area contributed by atoms with E-state index in [4.69, 9.17) is 0 Å². The van der Waals surface area contributed by atoms with Crippen LogP contribution in [0.2, 0.25) is 0 Å². The van der Waals surface area contributed by atoms with Crippen molar-refractivity contribution in [3.8, 4) is 11.1 Å². The summed E-state index contributed by atoms with van der Waals surface area (Å²) < 4.78 is 15.3. The fourth-order valence-electron chi connectivity index (χ4n) is 4.43. The second kappa shape index (κ2) is 6.39. The Kier molecular flexibility index (Phi) is 4.07. The maximum atomic E-state index is 14.2. The Labute approximate surface area is 177 Å². The second-order valence-corrected chi connectivity index (χ2v) is 8.45. The van der Waals surface area contributed by atoms with Crippen molar-refractivity contribution in [2.75, 3.05) is 0 Å². The van der Waals surface area contributed by atoms with E-state index >= 15 is 0 Å². The summed E-state index contributed by atoms with van der Waals surface area (Å²) in [5, 5.41) is 14.3. The average Bonchev–Trinajstić information content (AvgIpc) is 2.98. The van der Waals surface area contributed by atoms with E-state index in [0.29, 0.717) is 5.56 Å². The lowest BCUT2D eigenvalue weighted by molar-refractivity contribution is 0.131. The summed E-state index contributed by atoms with van der Waals surface area (Å²) in [6.07, 6.45) is 0.876. The zero-order valence-electron chi connectivity index (χ0n) is 15.3. The summed E-state index contributed by atoms with van der Waals surface area (Å²) in [5.74, 6) is -0.345. The topological polar surface area (TPSA) is 20.2 Å². The molecule has 0 heterocycles. The molecule has 138 valence electrons. The monoisotopic (exact) mass is 480 g/mol. The highest BCUT2D eigenvalue weighted by molar-refractivity contribution is 14.1. The van der Waals surface area contributed by atoms with Crippen LogP contribution in [0.4, 0.5) is 4.39 Å². The normalized spacial score (nSPS) is 17.6. The van der Waals surface area contributed by atoms with Crippen molar-refractivity contribution in [2.24, 2.45) is 0 Å². The number of halogens is 2. The Morgan fingerprint density at radius 3 is 2.57 bits per heavy atom. The van der Waals surface area contributed by atoms with Gasteiger partial charge in [-0.15, -0.1) is 0 Å². The summed E-state index contributed by atoms with van der Waals surface area (Å²) in [6.45, 7) is 2.10. The molecule has 28 heavy (non-hydrogen) atoms. The highest BCUT2D eigenvalue weighted by atomic mass is 127. The summed E-state index contributed by atoms with van der Waals surface area (Å²) in [5.41, 5.74) is 4.08. The van der Waals surface area contributed by atoms with Gasteiger partial charge in [-0.25, -0.2) is 4.39 Å². The summed E-state index contributed by atoms with van der Waals surface area (Å²) in [7, 11) is 0. The van der Waals surface area contributed by atoms with Crippen LogP contribution in [0.15, 0.2) is 72.8 Å². The van der Waals surface area contributed by atoms with E-state index in [1.54, 1.807) is 6.07 Å². The van der Waals surface area contributed by atoms with E-state index in [1.807, 2.05) is 24.3 Å². The number of aryl methyl sites for hydroxylation is 1. The quantitative estimate of drug-likeness (QED) is 0.329. The van der Waals surface area contributed by atoms with Crippen molar-refractivity contribution < 1.29 is 9.50 Å². The van der Waals surface area contributed by atoms with Gasteiger partial charge in [-0.2, -0.15) is 0 Å². The van der Waals surface area contributed by atoms with Gasteiger partial charge in [-0.3, -0.25) is 0 Å². The molecule has 0 amide bonds. The Morgan fingerprint density at radius 2 is 1.79 bits per heavy atom. The predicted octanol–water partition coefficient (Wildman–Crippen LogP) is 6.41. The van der Waals surface area contributed by atoms with Crippen molar-refractivity contribution in [1.82, 2.24) is 0 Å². The highest BCUT2D eigenvalue weighted by Gasteiger charge is 2.45. The van der Waals surface area contributed by atoms with Gasteiger partial charge in [-0.05, 0) is 74.7 Å². The van der Waals surface area contributed by atoms with E-state index < -0.39 is 5.60 Å². The van der Waals surface area contributed by atoms with Gasteiger partial charge >= 0.3 is 0 Å². The SMILES string of the molecule is CCc1ccc2c(c1)C(O)(c1cccc(F)c1)c1c-2c(I)cc2ccccc12. The molecule has 0 fully saturated rings. The number of aliphatic hydroxyl groups is 1. The van der Waals surface area contributed by atoms with Crippen LogP contribution in [0.1, 0.15) is 29.2 Å². The predicted molar refractivity (Wildman–Crippen MR) is 120 cm³/mol. The van der Waals surface area contributed by atoms with Gasteiger partial charge in [0.25, 0.3) is 0 Å². The van der Waals surface area contributed by atoms with Crippen LogP contribution >= 0.6 is 22.6 Å². The van der Waals surface area contributed by atoms with Crippen LogP contribution in [0.5, 0.6) is 0 Å². The van der Waals surface area contributed by atoms with Crippen LogP contribution in [0.25, 0.3) is 21.9 Å². The Morgan fingerprint density at radius 1 is 0.964 bits per heavy atom. The van der Waals surface area contributed by atoms with Crippen LogP contribution in [-0.2, 0) is 12.0 Å². The lowest BCUT2D eigenvalue weighted by Crippen LogP contribution is -2.27. The molecule has 5 rings (SSSR count). The molecular weight excluding hydrogens is 462 g/mol. The van der Waals surface area contributed by atoms with Crippen LogP contribution < -0.4 is 0 Å². The Balaban J connectivity index is 1.98. The Bertz CT molecular complexity index is 1250. The van der Waals surface area contributed by atoms with Crippen molar-refractivity contribution in [3.63, 3.8) is 0 Å². The van der Waals surface area contributed by atoms with Gasteiger partial charge in [0, 0.05) is 20.3 Å². The molecule has 0 bridgehead atoms. The number of benzene rings is 4. The van der Waals surface area contributed by atoms with Crippen molar-refractivity contribution >= 4 is 33.4 Å². The summed E-state index contributed by atoms with van der Waals surface area (Å²) >= 11 is 2.35. The molecular formula is C25H18FIO. The van der Waals surface area contributed by atoms with E-state index in [1.165, 1.54) is 12.1 Å². The van der Waals surface area contributed by atoms with Gasteiger partial charge in [0.1, 0.15) is 11.4 Å². The van der Waals surface area contributed by atoms with Crippen LogP contribution in [0.3, 0.4) is 0 Å². The third-order valence-corrected chi connectivity index (χ3v) is 6.61. The number of rotatable bonds is 2. The molecule has 0 spiro atoms. The molecule has 0 aliphatic heterocycles. The Hall–Kier alpha value is -2.24. The van der Waals surface area contributed by atoms with E-state index in [2.05, 4.69) is 59.8 Å². The third-order valence-electron chi connectivity index (χ3n) is 5.76. The minimum absolute atomic E-state index is 0.345. The summed E-state index contributed by atoms with van der Waals surface area (Å²) in [4.78, 5) is 0. The van der Waals surface area contributed by atoms with E-state index in [9.17, 15) is 9.50 Å². The maximum Gasteiger partial charge on any atom is 0.142 e. The minimum Gasteiger partial charge on any atom is -0.376 e. The molecule has 1 aliphatic carbocycles. The first-order valence-electron chi connectivity index (χ1n) is 9.38. The number of hydrogen-bond donors (Lipinski definition) is 1. The molecule has 3 heteroatoms. The molecule has 1 aliphatic rings. The fourth-order valence-corrected chi connectivity index (χ4v) is 5.32. The van der Waals surface area contributed by atoms with Gasteiger partial charge in [0.15, 0.2) is 0 Å². The molecule has 1 unspecified atom stereocenters. The van der Waals surface area contributed by atoms with Crippen LogP contribution in [0, 0.1) is 9.39 Å². The molecule has 0 saturated carbocycles. The zero-order valence-corrected chi connectivity index (χ0v) is 17.5. The largest absolute Gasteiger partial charge is 0.376 e. The van der Waals surface area contributed by atoms with Crippen molar-refractivity contribution in [2.45, 2.75) is 18.9 Å². The second-order valence-electron chi connectivity index (χ2n) is 7.28. The first-order valence-corrected chi connectivity index (χ1v) is 10.5. The molecule has 1 N–H and O–H groups in total. The minimum atomic E-state index is -1.39. The lowest BCUT2D eigenvalue weighted by Gasteiger charge is -2.28. The lowest BCUT2D eigenvalue weighted by atomic mass is 9.81. The first kappa shape index (κ1) is 17.8. The number of fused-ring (bicyclic) bond motifs is 5. The molecule has 4 aromatic rings. The first-order chi connectivity index (χ1) is 13.5. The molecule has 1 atom stereocenters. The van der Waals surface area contributed by atoms with Gasteiger partial charge in [0.2, 0.25) is 0 Å². The van der Waals surface area contributed by atoms with Gasteiger partial charge in [-0.1, -0.05) is 61.5 Å².